The fraction of sp³-hybridized carbons (Fsp3) is 0.730. The van der Waals surface area contributed by atoms with Gasteiger partial charge in [0, 0.05) is 32.3 Å². The highest BCUT2D eigenvalue weighted by Crippen LogP contribution is 2.47. The van der Waals surface area contributed by atoms with E-state index in [2.05, 4.69) is 29.1 Å². The number of alkyl carbamates (subject to hydrolysis) is 2. The number of carbonyl (C=O) groups excluding carboxylic acids is 5. The molecule has 2 aromatic rings. The molecule has 4 aliphatic rings. The van der Waals surface area contributed by atoms with Crippen LogP contribution in [-0.2, 0) is 73.1 Å². The molecule has 23 nitrogen and oxygen atoms in total. The second-order valence-electron chi connectivity index (χ2n) is 25.2. The maximum atomic E-state index is 16.1. The van der Waals surface area contributed by atoms with Crippen molar-refractivity contribution in [1.82, 2.24) is 25.1 Å². The minimum Gasteiger partial charge on any atom is -0.458 e. The monoisotopic (exact) mass is 1210 g/mol. The van der Waals surface area contributed by atoms with Crippen LogP contribution < -0.4 is 21.9 Å². The number of benzene rings is 1. The van der Waals surface area contributed by atoms with Gasteiger partial charge in [-0.1, -0.05) is 135 Å². The highest BCUT2D eigenvalue weighted by molar-refractivity contribution is 5.91. The molecule has 0 unspecified atom stereocenters. The molecule has 5 heterocycles. The molecule has 0 bridgehead atoms. The molecule has 23 heteroatoms. The summed E-state index contributed by atoms with van der Waals surface area (Å²) >= 11 is 0. The number of fused-ring (bicyclic) bond motifs is 2. The lowest BCUT2D eigenvalue weighted by Gasteiger charge is -2.39. The largest absolute Gasteiger partial charge is 0.458 e. The summed E-state index contributed by atoms with van der Waals surface area (Å²) in [7, 11) is 1.28. The second-order valence-corrected chi connectivity index (χ2v) is 25.2. The quantitative estimate of drug-likeness (QED) is 0.0267. The van der Waals surface area contributed by atoms with Gasteiger partial charge in [0.2, 0.25) is 5.91 Å². The summed E-state index contributed by atoms with van der Waals surface area (Å²) in [5.74, 6) is -5.16. The van der Waals surface area contributed by atoms with Gasteiger partial charge in [0.05, 0.1) is 0 Å². The number of hydrogen-bond acceptors (Lipinski definition) is 18. The molecule has 0 radical (unpaired) electrons. The number of nitrogens with zero attached hydrogens (tertiary/aromatic N) is 2. The van der Waals surface area contributed by atoms with E-state index in [9.17, 15) is 28.8 Å². The molecular formula is C63H97N5O18. The lowest BCUT2D eigenvalue weighted by molar-refractivity contribution is -0.275. The van der Waals surface area contributed by atoms with Crippen molar-refractivity contribution in [1.29, 1.82) is 0 Å². The van der Waals surface area contributed by atoms with E-state index >= 15 is 4.79 Å². The van der Waals surface area contributed by atoms with Gasteiger partial charge < -0.3 is 67.6 Å². The number of likely N-dealkylation sites (N-methyl/N-ethyl adjacent to an activating group) is 1. The Bertz CT molecular complexity index is 2650. The zero-order chi connectivity index (χ0) is 63.0. The van der Waals surface area contributed by atoms with Gasteiger partial charge in [-0.05, 0) is 86.3 Å². The van der Waals surface area contributed by atoms with Crippen LogP contribution in [0.2, 0.25) is 0 Å². The first-order valence-corrected chi connectivity index (χ1v) is 31.0. The Kier molecular flexibility index (Phi) is 25.4. The van der Waals surface area contributed by atoms with Crippen LogP contribution in [0.25, 0.3) is 0 Å². The van der Waals surface area contributed by atoms with Gasteiger partial charge in [0.25, 0.3) is 5.56 Å². The third-order valence-corrected chi connectivity index (χ3v) is 15.5. The van der Waals surface area contributed by atoms with Crippen molar-refractivity contribution in [3.8, 4) is 0 Å². The van der Waals surface area contributed by atoms with Gasteiger partial charge in [-0.15, -0.1) is 0 Å². The van der Waals surface area contributed by atoms with Crippen molar-refractivity contribution in [3.05, 3.63) is 81.7 Å². The van der Waals surface area contributed by atoms with Crippen LogP contribution in [0.4, 0.5) is 9.59 Å². The summed E-state index contributed by atoms with van der Waals surface area (Å²) < 4.78 is 71.2. The maximum absolute atomic E-state index is 16.1. The van der Waals surface area contributed by atoms with Gasteiger partial charge in [0.1, 0.15) is 66.6 Å². The maximum Gasteiger partial charge on any atom is 0.408 e. The smallest absolute Gasteiger partial charge is 0.408 e. The number of esters is 2. The average Bonchev–Trinajstić information content (AvgIpc) is 1.75. The Morgan fingerprint density at radius 2 is 1.35 bits per heavy atom. The molecule has 3 amide bonds. The highest BCUT2D eigenvalue weighted by Gasteiger charge is 2.64. The molecule has 3 N–H and O–H groups in total. The third-order valence-electron chi connectivity index (χ3n) is 15.5. The van der Waals surface area contributed by atoms with Crippen LogP contribution in [0.5, 0.6) is 0 Å². The van der Waals surface area contributed by atoms with E-state index in [-0.39, 0.29) is 19.6 Å². The van der Waals surface area contributed by atoms with E-state index in [1.807, 2.05) is 13.8 Å². The summed E-state index contributed by atoms with van der Waals surface area (Å²) in [6.07, 6.45) is 2.88. The summed E-state index contributed by atoms with van der Waals surface area (Å²) in [4.78, 5) is 101. The molecule has 12 atom stereocenters. The van der Waals surface area contributed by atoms with Gasteiger partial charge in [-0.25, -0.2) is 19.2 Å². The van der Waals surface area contributed by atoms with E-state index < -0.39 is 137 Å². The molecule has 4 fully saturated rings. The number of nitrogens with one attached hydrogen (secondary N) is 3. The lowest BCUT2D eigenvalue weighted by atomic mass is 9.97. The molecule has 6 rings (SSSR count). The zero-order valence-electron chi connectivity index (χ0n) is 52.7. The molecule has 482 valence electrons. The number of ether oxygens (including phenoxy) is 11. The lowest BCUT2D eigenvalue weighted by Crippen LogP contribution is -2.64. The Balaban J connectivity index is 1.38. The number of carbonyl (C=O) groups is 5. The number of hydrogen-bond donors (Lipinski definition) is 3. The fourth-order valence-corrected chi connectivity index (χ4v) is 11.2. The van der Waals surface area contributed by atoms with E-state index in [0.29, 0.717) is 24.8 Å². The normalized spacial score (nSPS) is 24.3. The summed E-state index contributed by atoms with van der Waals surface area (Å²) in [5.41, 5.74) is -2.90. The number of amides is 3. The van der Waals surface area contributed by atoms with Crippen LogP contribution in [0.15, 0.2) is 64.8 Å². The molecule has 86 heavy (non-hydrogen) atoms. The molecule has 4 saturated heterocycles. The van der Waals surface area contributed by atoms with E-state index in [1.54, 1.807) is 85.7 Å². The topological polar surface area (TPSA) is 269 Å². The van der Waals surface area contributed by atoms with Gasteiger partial charge in [-0.3, -0.25) is 23.9 Å². The van der Waals surface area contributed by atoms with Crippen molar-refractivity contribution in [2.24, 2.45) is 0 Å². The van der Waals surface area contributed by atoms with E-state index in [1.165, 1.54) is 70.7 Å². The van der Waals surface area contributed by atoms with E-state index in [4.69, 9.17) is 52.1 Å². The number of aromatic amines is 1. The number of aromatic nitrogens is 2. The number of H-pyrrole nitrogens is 1. The Hall–Kier alpha value is -5.69. The Morgan fingerprint density at radius 1 is 0.756 bits per heavy atom. The van der Waals surface area contributed by atoms with Gasteiger partial charge >= 0.3 is 29.8 Å². The van der Waals surface area contributed by atoms with E-state index in [0.717, 1.165) is 41.2 Å². The average molecular weight is 1210 g/mol. The van der Waals surface area contributed by atoms with Gasteiger partial charge in [0.15, 0.2) is 36.2 Å². The van der Waals surface area contributed by atoms with Crippen LogP contribution in [0.3, 0.4) is 0 Å². The summed E-state index contributed by atoms with van der Waals surface area (Å²) in [6.45, 7) is 22.8. The third kappa shape index (κ3) is 19.7. The minimum absolute atomic E-state index is 0.0225. The van der Waals surface area contributed by atoms with Crippen molar-refractivity contribution < 1.29 is 76.1 Å². The molecule has 4 aliphatic heterocycles. The van der Waals surface area contributed by atoms with Crippen molar-refractivity contribution >= 4 is 30.0 Å². The first-order valence-electron chi connectivity index (χ1n) is 31.0. The van der Waals surface area contributed by atoms with Crippen molar-refractivity contribution in [2.75, 3.05) is 13.6 Å². The molecule has 0 spiro atoms. The van der Waals surface area contributed by atoms with Crippen molar-refractivity contribution in [3.63, 3.8) is 0 Å². The molecule has 1 aromatic heterocycles. The first kappa shape index (κ1) is 69.4. The van der Waals surface area contributed by atoms with Crippen LogP contribution in [-0.4, -0.2) is 148 Å². The first-order chi connectivity index (χ1) is 40.7. The highest BCUT2D eigenvalue weighted by atomic mass is 16.8. The van der Waals surface area contributed by atoms with Crippen molar-refractivity contribution in [2.45, 2.75) is 282 Å². The standard InChI is InChI=1S/C63H97N5O18/c1-14-18-19-20-21-22-23-24-25-26-27-28-32-35-44(70)77-41(15-2)46(55(72)85-60(5,6)7)67(13)53(71)45(66-59(75)76-39-40-33-30-29-31-34-40)48(49-50-51(82-62(11,12)81-50)54(79-49)68-37-36-43(69)65-57(68)73)80-56-52-47(83-63(16-3,17-4)84-52)42(78-56)38-64-58(74)86-61(8,9)10/h15,29-31,33-34,36-37,41-42,45-52,54,56H,2,14,16-28,32,35,38-39H2,1,3-13H3,(H,64,74)(H,66,75)(H,65,69,73)/t41-,42+,45-,46-,47+,48-,49+,50+,51+,52+,54+,56-/m0/s1. The summed E-state index contributed by atoms with van der Waals surface area (Å²) in [5, 5.41) is 5.47. The number of rotatable bonds is 32. The SMILES string of the molecule is C=C[C@H](OC(=O)CCCCCCCCCCCCCCC)[C@@H](C(=O)OC(C)(C)C)N(C)C(=O)[C@@H](NC(=O)OCc1ccccc1)[C@H](O[C@@H]1O[C@H](CNC(=O)OC(C)(C)C)[C@H]2OC(CC)(CC)O[C@@H]12)[C@H]1O[C@@H](n2ccc(=O)[nH]c2=O)[C@@H]2OC(C)(C)O[C@H]12. The Morgan fingerprint density at radius 3 is 1.93 bits per heavy atom. The fourth-order valence-electron chi connectivity index (χ4n) is 11.2. The van der Waals surface area contributed by atoms with Crippen LogP contribution in [0, 0.1) is 0 Å². The number of unbranched alkanes of at least 4 members (excludes halogenated alkanes) is 12. The van der Waals surface area contributed by atoms with Gasteiger partial charge in [-0.2, -0.15) is 0 Å². The minimum atomic E-state index is -1.96. The predicted octanol–water partition coefficient (Wildman–Crippen LogP) is 8.93. The second kappa shape index (κ2) is 31.5. The molecule has 0 aliphatic carbocycles. The predicted molar refractivity (Wildman–Crippen MR) is 316 cm³/mol. The molecule has 1 aromatic carbocycles. The van der Waals surface area contributed by atoms with Crippen LogP contribution >= 0.6 is 0 Å². The summed E-state index contributed by atoms with van der Waals surface area (Å²) in [6, 6.07) is 6.21. The zero-order valence-corrected chi connectivity index (χ0v) is 52.7. The molecule has 0 saturated carbocycles. The van der Waals surface area contributed by atoms with Crippen LogP contribution in [0.1, 0.15) is 191 Å². The molecular weight excluding hydrogens is 1110 g/mol. The Labute approximate surface area is 506 Å².